The molecule has 132 valence electrons. The number of aliphatic hydroxyl groups is 3. The van der Waals surface area contributed by atoms with Crippen LogP contribution in [0.15, 0.2) is 6.33 Å². The molecule has 11 heteroatoms. The van der Waals surface area contributed by atoms with Crippen molar-refractivity contribution in [2.75, 3.05) is 30.7 Å². The lowest BCUT2D eigenvalue weighted by Crippen LogP contribution is -2.33. The summed E-state index contributed by atoms with van der Waals surface area (Å²) in [6.07, 6.45) is -2.38. The third-order valence-corrected chi connectivity index (χ3v) is 3.94. The average molecular weight is 339 g/mol. The average Bonchev–Trinajstić information content (AvgIpc) is 3.07. The fraction of sp³-hybridized carbons (Fsp3) is 0.615. The van der Waals surface area contributed by atoms with E-state index in [2.05, 4.69) is 20.3 Å². The van der Waals surface area contributed by atoms with E-state index in [9.17, 15) is 15.3 Å². The second-order valence-electron chi connectivity index (χ2n) is 5.53. The van der Waals surface area contributed by atoms with Crippen molar-refractivity contribution in [3.05, 3.63) is 6.33 Å². The summed E-state index contributed by atoms with van der Waals surface area (Å²) >= 11 is 0. The number of nitrogens with zero attached hydrogens (tertiary/aromatic N) is 4. The predicted molar refractivity (Wildman–Crippen MR) is 84.9 cm³/mol. The van der Waals surface area contributed by atoms with Crippen molar-refractivity contribution in [1.82, 2.24) is 19.5 Å². The van der Waals surface area contributed by atoms with E-state index < -0.39 is 31.1 Å². The number of nitrogen functional groups attached to an aromatic ring is 1. The van der Waals surface area contributed by atoms with Crippen LogP contribution in [0.3, 0.4) is 0 Å². The molecule has 3 rings (SSSR count). The van der Waals surface area contributed by atoms with Crippen molar-refractivity contribution < 1.29 is 20.1 Å². The van der Waals surface area contributed by atoms with Gasteiger partial charge in [0.2, 0.25) is 5.95 Å². The monoisotopic (exact) mass is 339 g/mol. The molecule has 8 N–H and O–H groups in total. The van der Waals surface area contributed by atoms with E-state index in [1.54, 1.807) is 0 Å². The molecule has 0 amide bonds. The Morgan fingerprint density at radius 3 is 2.75 bits per heavy atom. The lowest BCUT2D eigenvalue weighted by molar-refractivity contribution is -0.0501. The van der Waals surface area contributed by atoms with E-state index in [4.69, 9.17) is 16.2 Å². The number of rotatable bonds is 6. The molecule has 0 aliphatic carbocycles. The number of fused-ring (bicyclic) bond motifs is 1. The molecule has 1 aliphatic heterocycles. The summed E-state index contributed by atoms with van der Waals surface area (Å²) in [5.74, 6) is 0.549. The Bertz CT molecular complexity index is 709. The van der Waals surface area contributed by atoms with Crippen LogP contribution in [0.4, 0.5) is 11.8 Å². The van der Waals surface area contributed by atoms with Crippen LogP contribution in [0.5, 0.6) is 0 Å². The molecule has 1 fully saturated rings. The first-order chi connectivity index (χ1) is 11.6. The van der Waals surface area contributed by atoms with Gasteiger partial charge in [-0.3, -0.25) is 4.57 Å². The standard InChI is InChI=1S/C13H21N7O4/c14-2-1-3-16-13-19-7-10(15)17-5-18-11(7)20(13)12-9(23)8(22)6(4-21)24-12/h5-6,8-9,12,21-23H,1-4,14H2,(H,16,19)(H2,15,17,18)/t6-,8-,9-,12-/m1/s1. The van der Waals surface area contributed by atoms with Gasteiger partial charge in [0.1, 0.15) is 24.6 Å². The molecular weight excluding hydrogens is 318 g/mol. The molecule has 0 bridgehead atoms. The molecule has 0 spiro atoms. The minimum atomic E-state index is -1.26. The van der Waals surface area contributed by atoms with Gasteiger partial charge in [-0.2, -0.15) is 0 Å². The summed E-state index contributed by atoms with van der Waals surface area (Å²) in [6.45, 7) is 0.624. The van der Waals surface area contributed by atoms with E-state index in [1.807, 2.05) is 0 Å². The number of ether oxygens (including phenoxy) is 1. The van der Waals surface area contributed by atoms with Crippen LogP contribution in [0, 0.1) is 0 Å². The van der Waals surface area contributed by atoms with Crippen molar-refractivity contribution in [3.63, 3.8) is 0 Å². The van der Waals surface area contributed by atoms with E-state index in [0.29, 0.717) is 36.6 Å². The minimum Gasteiger partial charge on any atom is -0.394 e. The highest BCUT2D eigenvalue weighted by Gasteiger charge is 2.45. The van der Waals surface area contributed by atoms with E-state index in [1.165, 1.54) is 10.9 Å². The third-order valence-electron chi connectivity index (χ3n) is 3.94. The highest BCUT2D eigenvalue weighted by Crippen LogP contribution is 2.34. The second kappa shape index (κ2) is 6.83. The van der Waals surface area contributed by atoms with Crippen LogP contribution in [0.25, 0.3) is 11.2 Å². The first-order valence-electron chi connectivity index (χ1n) is 7.63. The number of hydrogen-bond acceptors (Lipinski definition) is 10. The fourth-order valence-corrected chi connectivity index (χ4v) is 2.69. The topological polar surface area (TPSA) is 178 Å². The van der Waals surface area contributed by atoms with Gasteiger partial charge < -0.3 is 36.8 Å². The largest absolute Gasteiger partial charge is 0.394 e. The van der Waals surface area contributed by atoms with Crippen LogP contribution in [-0.4, -0.2) is 72.8 Å². The zero-order chi connectivity index (χ0) is 17.3. The molecule has 3 heterocycles. The Kier molecular flexibility index (Phi) is 4.78. The van der Waals surface area contributed by atoms with Crippen molar-refractivity contribution in [2.24, 2.45) is 5.73 Å². The summed E-state index contributed by atoms with van der Waals surface area (Å²) < 4.78 is 7.09. The number of imidazole rings is 1. The molecule has 11 nitrogen and oxygen atoms in total. The summed E-state index contributed by atoms with van der Waals surface area (Å²) in [5, 5.41) is 32.7. The quantitative estimate of drug-likeness (QED) is 0.316. The Hall–Kier alpha value is -2.05. The third kappa shape index (κ3) is 2.76. The van der Waals surface area contributed by atoms with E-state index in [0.717, 1.165) is 0 Å². The molecule has 0 aromatic carbocycles. The molecule has 4 atom stereocenters. The van der Waals surface area contributed by atoms with E-state index in [-0.39, 0.29) is 5.82 Å². The zero-order valence-corrected chi connectivity index (χ0v) is 12.9. The van der Waals surface area contributed by atoms with Gasteiger partial charge in [-0.05, 0) is 13.0 Å². The van der Waals surface area contributed by atoms with Gasteiger partial charge in [-0.15, -0.1) is 0 Å². The maximum Gasteiger partial charge on any atom is 0.207 e. The van der Waals surface area contributed by atoms with Gasteiger partial charge in [0.15, 0.2) is 23.2 Å². The zero-order valence-electron chi connectivity index (χ0n) is 12.9. The summed E-state index contributed by atoms with van der Waals surface area (Å²) in [4.78, 5) is 12.4. The van der Waals surface area contributed by atoms with Gasteiger partial charge in [-0.25, -0.2) is 15.0 Å². The number of nitrogens with two attached hydrogens (primary N) is 2. The maximum atomic E-state index is 10.3. The lowest BCUT2D eigenvalue weighted by Gasteiger charge is -2.19. The van der Waals surface area contributed by atoms with Crippen molar-refractivity contribution >= 4 is 22.9 Å². The normalized spacial score (nSPS) is 27.0. The molecule has 2 aromatic rings. The van der Waals surface area contributed by atoms with Gasteiger partial charge in [0, 0.05) is 6.54 Å². The smallest absolute Gasteiger partial charge is 0.207 e. The Morgan fingerprint density at radius 1 is 1.29 bits per heavy atom. The number of aliphatic hydroxyl groups excluding tert-OH is 3. The van der Waals surface area contributed by atoms with Gasteiger partial charge in [-0.1, -0.05) is 0 Å². The van der Waals surface area contributed by atoms with Crippen LogP contribution in [-0.2, 0) is 4.74 Å². The predicted octanol–water partition coefficient (Wildman–Crippen LogP) is -2.22. The molecule has 24 heavy (non-hydrogen) atoms. The summed E-state index contributed by atoms with van der Waals surface area (Å²) in [6, 6.07) is 0. The Balaban J connectivity index is 2.04. The highest BCUT2D eigenvalue weighted by atomic mass is 16.6. The summed E-state index contributed by atoms with van der Waals surface area (Å²) in [7, 11) is 0. The highest BCUT2D eigenvalue weighted by molar-refractivity contribution is 5.84. The first kappa shape index (κ1) is 16.8. The number of hydrogen-bond donors (Lipinski definition) is 6. The fourth-order valence-electron chi connectivity index (χ4n) is 2.69. The van der Waals surface area contributed by atoms with Crippen LogP contribution < -0.4 is 16.8 Å². The van der Waals surface area contributed by atoms with Crippen molar-refractivity contribution in [1.29, 1.82) is 0 Å². The number of nitrogens with one attached hydrogen (secondary N) is 1. The molecule has 0 saturated carbocycles. The SMILES string of the molecule is NCCCNc1nc2c(N)ncnc2n1[C@@H]1O[C@H](CO)[C@@H](O)[C@H]1O. The Morgan fingerprint density at radius 2 is 2.08 bits per heavy atom. The molecule has 1 saturated heterocycles. The van der Waals surface area contributed by atoms with Crippen LogP contribution in [0.2, 0.25) is 0 Å². The second-order valence-corrected chi connectivity index (χ2v) is 5.53. The maximum absolute atomic E-state index is 10.3. The molecule has 2 aromatic heterocycles. The minimum absolute atomic E-state index is 0.187. The van der Waals surface area contributed by atoms with Crippen LogP contribution in [0.1, 0.15) is 12.6 Å². The van der Waals surface area contributed by atoms with Crippen molar-refractivity contribution in [2.45, 2.75) is 31.0 Å². The molecular formula is C13H21N7O4. The molecule has 1 aliphatic rings. The first-order valence-corrected chi connectivity index (χ1v) is 7.63. The lowest BCUT2D eigenvalue weighted by atomic mass is 10.1. The van der Waals surface area contributed by atoms with Gasteiger partial charge >= 0.3 is 0 Å². The molecule has 0 radical (unpaired) electrons. The van der Waals surface area contributed by atoms with E-state index >= 15 is 0 Å². The van der Waals surface area contributed by atoms with Gasteiger partial charge in [0.25, 0.3) is 0 Å². The van der Waals surface area contributed by atoms with Crippen molar-refractivity contribution in [3.8, 4) is 0 Å². The number of anilines is 2. The van der Waals surface area contributed by atoms with Crippen LogP contribution >= 0.6 is 0 Å². The summed E-state index contributed by atoms with van der Waals surface area (Å²) in [5.41, 5.74) is 12.0. The molecule has 0 unspecified atom stereocenters. The van der Waals surface area contributed by atoms with Gasteiger partial charge in [0.05, 0.1) is 6.61 Å². The number of aromatic nitrogens is 4. The Labute approximate surface area is 137 Å².